The number of aryl methyl sites for hydroxylation is 2. The second-order valence-electron chi connectivity index (χ2n) is 4.10. The number of nitrogens with zero attached hydrogens (tertiary/aromatic N) is 1. The molecule has 0 bridgehead atoms. The molecule has 0 saturated carbocycles. The second kappa shape index (κ2) is 4.64. The Kier molecular flexibility index (Phi) is 3.72. The predicted molar refractivity (Wildman–Crippen MR) is 63.1 cm³/mol. The standard InChI is InChI=1S/C12H20N2O/c1-8-6-10(12(13)14(3)4)7-9(2)11(8)15-5/h6-7,12H,13H2,1-5H3. The number of benzene rings is 1. The first kappa shape index (κ1) is 12.0. The van der Waals surface area contributed by atoms with Crippen molar-refractivity contribution in [2.24, 2.45) is 5.73 Å². The van der Waals surface area contributed by atoms with Crippen LogP contribution in [0.1, 0.15) is 22.9 Å². The van der Waals surface area contributed by atoms with Crippen molar-refractivity contribution in [1.82, 2.24) is 4.90 Å². The van der Waals surface area contributed by atoms with Gasteiger partial charge in [-0.3, -0.25) is 4.90 Å². The maximum atomic E-state index is 6.05. The van der Waals surface area contributed by atoms with Gasteiger partial charge >= 0.3 is 0 Å². The Bertz CT molecular complexity index is 324. The zero-order valence-corrected chi connectivity index (χ0v) is 10.2. The Morgan fingerprint density at radius 3 is 2.00 bits per heavy atom. The quantitative estimate of drug-likeness (QED) is 0.770. The van der Waals surface area contributed by atoms with Crippen molar-refractivity contribution < 1.29 is 4.74 Å². The van der Waals surface area contributed by atoms with Crippen LogP contribution >= 0.6 is 0 Å². The van der Waals surface area contributed by atoms with Gasteiger partial charge in [-0.25, -0.2) is 0 Å². The lowest BCUT2D eigenvalue weighted by Gasteiger charge is -2.21. The second-order valence-corrected chi connectivity index (χ2v) is 4.10. The third kappa shape index (κ3) is 2.49. The molecule has 0 aliphatic heterocycles. The molecule has 15 heavy (non-hydrogen) atoms. The zero-order valence-electron chi connectivity index (χ0n) is 10.2. The van der Waals surface area contributed by atoms with Crippen molar-refractivity contribution in [2.75, 3.05) is 21.2 Å². The van der Waals surface area contributed by atoms with Crippen LogP contribution in [-0.4, -0.2) is 26.1 Å². The van der Waals surface area contributed by atoms with Crippen LogP contribution < -0.4 is 10.5 Å². The fourth-order valence-electron chi connectivity index (χ4n) is 1.77. The van der Waals surface area contributed by atoms with Gasteiger partial charge in [-0.15, -0.1) is 0 Å². The van der Waals surface area contributed by atoms with Gasteiger partial charge in [0.15, 0.2) is 0 Å². The molecule has 2 N–H and O–H groups in total. The molecular weight excluding hydrogens is 188 g/mol. The van der Waals surface area contributed by atoms with E-state index in [0.717, 1.165) is 22.4 Å². The first-order chi connectivity index (χ1) is 6.97. The maximum Gasteiger partial charge on any atom is 0.124 e. The summed E-state index contributed by atoms with van der Waals surface area (Å²) >= 11 is 0. The van der Waals surface area contributed by atoms with Crippen LogP contribution in [0.15, 0.2) is 12.1 Å². The van der Waals surface area contributed by atoms with Crippen LogP contribution in [0.5, 0.6) is 5.75 Å². The molecule has 1 aromatic rings. The van der Waals surface area contributed by atoms with E-state index < -0.39 is 0 Å². The van der Waals surface area contributed by atoms with Gasteiger partial charge in [0.05, 0.1) is 13.3 Å². The van der Waals surface area contributed by atoms with Gasteiger partial charge in [-0.2, -0.15) is 0 Å². The molecule has 3 heteroatoms. The molecule has 84 valence electrons. The molecular formula is C12H20N2O. The third-order valence-electron chi connectivity index (χ3n) is 2.58. The number of nitrogens with two attached hydrogens (primary N) is 1. The topological polar surface area (TPSA) is 38.5 Å². The van der Waals surface area contributed by atoms with Crippen molar-refractivity contribution in [3.63, 3.8) is 0 Å². The van der Waals surface area contributed by atoms with Crippen molar-refractivity contribution in [3.05, 3.63) is 28.8 Å². The average Bonchev–Trinajstić information content (AvgIpc) is 2.15. The number of ether oxygens (including phenoxy) is 1. The van der Waals surface area contributed by atoms with E-state index in [-0.39, 0.29) is 6.17 Å². The number of methoxy groups -OCH3 is 1. The van der Waals surface area contributed by atoms with Crippen molar-refractivity contribution in [3.8, 4) is 5.75 Å². The van der Waals surface area contributed by atoms with Crippen LogP contribution in [0.2, 0.25) is 0 Å². The average molecular weight is 208 g/mol. The van der Waals surface area contributed by atoms with Gasteiger partial charge in [0.1, 0.15) is 5.75 Å². The molecule has 0 aliphatic rings. The predicted octanol–water partition coefficient (Wildman–Crippen LogP) is 1.83. The smallest absolute Gasteiger partial charge is 0.124 e. The van der Waals surface area contributed by atoms with E-state index in [1.165, 1.54) is 0 Å². The summed E-state index contributed by atoms with van der Waals surface area (Å²) in [5.41, 5.74) is 9.43. The monoisotopic (exact) mass is 208 g/mol. The first-order valence-electron chi connectivity index (χ1n) is 5.04. The molecule has 0 aromatic heterocycles. The van der Waals surface area contributed by atoms with Gasteiger partial charge in [0.2, 0.25) is 0 Å². The lowest BCUT2D eigenvalue weighted by Crippen LogP contribution is -2.27. The Labute approximate surface area is 91.8 Å². The van der Waals surface area contributed by atoms with Crippen molar-refractivity contribution >= 4 is 0 Å². The summed E-state index contributed by atoms with van der Waals surface area (Å²) in [4.78, 5) is 1.99. The van der Waals surface area contributed by atoms with E-state index in [9.17, 15) is 0 Å². The van der Waals surface area contributed by atoms with Crippen LogP contribution in [0.3, 0.4) is 0 Å². The minimum Gasteiger partial charge on any atom is -0.496 e. The molecule has 1 aromatic carbocycles. The molecule has 0 fully saturated rings. The van der Waals surface area contributed by atoms with E-state index in [1.807, 2.05) is 32.8 Å². The minimum atomic E-state index is -0.0618. The SMILES string of the molecule is COc1c(C)cc(C(N)N(C)C)cc1C. The Morgan fingerprint density at radius 1 is 1.20 bits per heavy atom. The highest BCUT2D eigenvalue weighted by Gasteiger charge is 2.12. The molecule has 1 atom stereocenters. The number of hydrogen-bond donors (Lipinski definition) is 1. The Hall–Kier alpha value is -1.06. The van der Waals surface area contributed by atoms with Gasteiger partial charge in [-0.1, -0.05) is 0 Å². The van der Waals surface area contributed by atoms with Crippen molar-refractivity contribution in [2.45, 2.75) is 20.0 Å². The summed E-state index contributed by atoms with van der Waals surface area (Å²) in [7, 11) is 5.64. The Morgan fingerprint density at radius 2 is 1.67 bits per heavy atom. The minimum absolute atomic E-state index is 0.0618. The molecule has 0 heterocycles. The summed E-state index contributed by atoms with van der Waals surface area (Å²) < 4.78 is 5.32. The Balaban J connectivity index is 3.14. The van der Waals surface area contributed by atoms with Gasteiger partial charge in [-0.05, 0) is 56.8 Å². The molecule has 1 unspecified atom stereocenters. The normalized spacial score (nSPS) is 13.0. The largest absolute Gasteiger partial charge is 0.496 e. The lowest BCUT2D eigenvalue weighted by atomic mass is 10.0. The molecule has 0 saturated heterocycles. The van der Waals surface area contributed by atoms with E-state index in [0.29, 0.717) is 0 Å². The summed E-state index contributed by atoms with van der Waals surface area (Å²) in [6, 6.07) is 4.16. The molecule has 0 spiro atoms. The molecule has 3 nitrogen and oxygen atoms in total. The molecule has 0 aliphatic carbocycles. The van der Waals surface area contributed by atoms with Crippen LogP contribution in [0.4, 0.5) is 0 Å². The fourth-order valence-corrected chi connectivity index (χ4v) is 1.77. The maximum absolute atomic E-state index is 6.05. The summed E-state index contributed by atoms with van der Waals surface area (Å²) in [6.45, 7) is 4.08. The summed E-state index contributed by atoms with van der Waals surface area (Å²) in [6.07, 6.45) is -0.0618. The van der Waals surface area contributed by atoms with E-state index in [1.54, 1.807) is 7.11 Å². The number of rotatable bonds is 3. The lowest BCUT2D eigenvalue weighted by molar-refractivity contribution is 0.306. The number of hydrogen-bond acceptors (Lipinski definition) is 3. The van der Waals surface area contributed by atoms with Gasteiger partial charge in [0.25, 0.3) is 0 Å². The van der Waals surface area contributed by atoms with Gasteiger partial charge in [0, 0.05) is 0 Å². The summed E-state index contributed by atoms with van der Waals surface area (Å²) in [5, 5.41) is 0. The molecule has 0 radical (unpaired) electrons. The fraction of sp³-hybridized carbons (Fsp3) is 0.500. The van der Waals surface area contributed by atoms with Crippen LogP contribution in [0, 0.1) is 13.8 Å². The highest BCUT2D eigenvalue weighted by Crippen LogP contribution is 2.26. The summed E-state index contributed by atoms with van der Waals surface area (Å²) in [5.74, 6) is 0.949. The van der Waals surface area contributed by atoms with E-state index in [4.69, 9.17) is 10.5 Å². The van der Waals surface area contributed by atoms with E-state index in [2.05, 4.69) is 12.1 Å². The highest BCUT2D eigenvalue weighted by atomic mass is 16.5. The van der Waals surface area contributed by atoms with Crippen LogP contribution in [-0.2, 0) is 0 Å². The molecule has 1 rings (SSSR count). The van der Waals surface area contributed by atoms with E-state index >= 15 is 0 Å². The van der Waals surface area contributed by atoms with Crippen LogP contribution in [0.25, 0.3) is 0 Å². The molecule has 0 amide bonds. The highest BCUT2D eigenvalue weighted by molar-refractivity contribution is 5.44. The van der Waals surface area contributed by atoms with Crippen molar-refractivity contribution in [1.29, 1.82) is 0 Å². The third-order valence-corrected chi connectivity index (χ3v) is 2.58. The first-order valence-corrected chi connectivity index (χ1v) is 5.04. The zero-order chi connectivity index (χ0) is 11.6. The van der Waals surface area contributed by atoms with Gasteiger partial charge < -0.3 is 10.5 Å².